The molecule has 2 fully saturated rings. The summed E-state index contributed by atoms with van der Waals surface area (Å²) in [6.45, 7) is 7.70. The van der Waals surface area contributed by atoms with E-state index in [0.717, 1.165) is 75.1 Å². The lowest BCUT2D eigenvalue weighted by Crippen LogP contribution is -2.35. The Morgan fingerprint density at radius 2 is 0.978 bits per heavy atom. The minimum absolute atomic E-state index is 0.259. The molecule has 0 spiro atoms. The highest BCUT2D eigenvalue weighted by molar-refractivity contribution is 5.86. The average Bonchev–Trinajstić information content (AvgIpc) is 3.08. The van der Waals surface area contributed by atoms with Gasteiger partial charge in [-0.05, 0) is 60.7 Å². The second-order valence-corrected chi connectivity index (χ2v) is 11.1. The monoisotopic (exact) mass is 606 g/mol. The molecule has 2 N–H and O–H groups in total. The van der Waals surface area contributed by atoms with Gasteiger partial charge in [0.2, 0.25) is 0 Å². The molecular weight excluding hydrogens is 568 g/mol. The van der Waals surface area contributed by atoms with E-state index in [-0.39, 0.29) is 11.5 Å². The number of hydrogen-bond acceptors (Lipinski definition) is 9. The number of para-hydroxylation sites is 2. The third-order valence-electron chi connectivity index (χ3n) is 7.91. The zero-order chi connectivity index (χ0) is 30.8. The molecule has 45 heavy (non-hydrogen) atoms. The number of aromatic hydroxyl groups is 2. The van der Waals surface area contributed by atoms with Gasteiger partial charge in [-0.3, -0.25) is 19.8 Å². The number of phenolic OH excluding ortho intramolecular Hbond substituents is 2. The van der Waals surface area contributed by atoms with Gasteiger partial charge in [-0.25, -0.2) is 0 Å². The fourth-order valence-electron chi connectivity index (χ4n) is 5.31. The van der Waals surface area contributed by atoms with Crippen LogP contribution in [-0.4, -0.2) is 85.0 Å². The van der Waals surface area contributed by atoms with Gasteiger partial charge in [0.05, 0.1) is 37.8 Å². The molecule has 0 amide bonds. The number of aliphatic imine (C=N–C) groups is 2. The van der Waals surface area contributed by atoms with Gasteiger partial charge in [-0.1, -0.05) is 24.3 Å². The molecule has 9 nitrogen and oxygen atoms in total. The van der Waals surface area contributed by atoms with Crippen molar-refractivity contribution in [1.82, 2.24) is 9.80 Å². The van der Waals surface area contributed by atoms with Gasteiger partial charge in [-0.2, -0.15) is 0 Å². The van der Waals surface area contributed by atoms with E-state index in [2.05, 4.69) is 19.8 Å². The van der Waals surface area contributed by atoms with E-state index in [1.165, 1.54) is 0 Å². The molecule has 4 aromatic rings. The van der Waals surface area contributed by atoms with Crippen LogP contribution in [0.3, 0.4) is 0 Å². The Morgan fingerprint density at radius 1 is 0.578 bits per heavy atom. The molecule has 0 unspecified atom stereocenters. The van der Waals surface area contributed by atoms with Crippen LogP contribution in [0.2, 0.25) is 0 Å². The van der Waals surface area contributed by atoms with E-state index < -0.39 is 0 Å². The molecule has 232 valence electrons. The summed E-state index contributed by atoms with van der Waals surface area (Å²) in [7, 11) is 0. The number of phenols is 2. The molecule has 0 atom stereocenters. The second-order valence-electron chi connectivity index (χ2n) is 11.1. The van der Waals surface area contributed by atoms with Crippen molar-refractivity contribution in [2.45, 2.75) is 13.1 Å². The maximum atomic E-state index is 10.8. The van der Waals surface area contributed by atoms with Gasteiger partial charge < -0.3 is 24.4 Å². The van der Waals surface area contributed by atoms with Crippen molar-refractivity contribution in [2.24, 2.45) is 9.98 Å². The van der Waals surface area contributed by atoms with Gasteiger partial charge in [0.25, 0.3) is 0 Å². The highest BCUT2D eigenvalue weighted by Gasteiger charge is 2.15. The standard InChI is InChI=1S/C36H38N4O5/c41-35-27(3-1-5-29(35)25-39-15-19-43-20-16-39)23-37-31-7-11-33(12-8-31)45-34-13-9-32(10-14-34)38-24-28-4-2-6-30(36(28)42)26-40-17-21-44-22-18-40/h1-14,23-24,41-42H,15-22,25-26H2. The van der Waals surface area contributed by atoms with Crippen LogP contribution in [0.25, 0.3) is 0 Å². The van der Waals surface area contributed by atoms with Gasteiger partial charge in [0.1, 0.15) is 23.0 Å². The predicted octanol–water partition coefficient (Wildman–Crippen LogP) is 6.06. The number of nitrogens with zero attached hydrogens (tertiary/aromatic N) is 4. The molecule has 0 aliphatic carbocycles. The van der Waals surface area contributed by atoms with Crippen LogP contribution in [0.15, 0.2) is 94.9 Å². The van der Waals surface area contributed by atoms with Crippen molar-refractivity contribution in [3.63, 3.8) is 0 Å². The summed E-state index contributed by atoms with van der Waals surface area (Å²) in [5.74, 6) is 1.88. The Bertz CT molecular complexity index is 1490. The summed E-state index contributed by atoms with van der Waals surface area (Å²) in [4.78, 5) is 13.7. The van der Waals surface area contributed by atoms with Crippen LogP contribution in [-0.2, 0) is 22.6 Å². The zero-order valence-corrected chi connectivity index (χ0v) is 25.2. The van der Waals surface area contributed by atoms with E-state index in [9.17, 15) is 10.2 Å². The fourth-order valence-corrected chi connectivity index (χ4v) is 5.31. The quantitative estimate of drug-likeness (QED) is 0.212. The Labute approximate surface area is 263 Å². The number of ether oxygens (including phenoxy) is 3. The molecular formula is C36H38N4O5. The summed E-state index contributed by atoms with van der Waals surface area (Å²) in [5.41, 5.74) is 4.63. The van der Waals surface area contributed by atoms with Crippen LogP contribution in [0.1, 0.15) is 22.3 Å². The van der Waals surface area contributed by atoms with Crippen molar-refractivity contribution in [3.05, 3.63) is 107 Å². The SMILES string of the molecule is Oc1c(C=Nc2ccc(Oc3ccc(N=Cc4cccc(CN5CCOCC5)c4O)cc3)cc2)cccc1CN1CCOCC1. The Morgan fingerprint density at radius 3 is 1.38 bits per heavy atom. The average molecular weight is 607 g/mol. The molecule has 2 aliphatic heterocycles. The van der Waals surface area contributed by atoms with Crippen LogP contribution in [0.5, 0.6) is 23.0 Å². The van der Waals surface area contributed by atoms with Crippen molar-refractivity contribution < 1.29 is 24.4 Å². The van der Waals surface area contributed by atoms with E-state index in [1.807, 2.05) is 84.9 Å². The largest absolute Gasteiger partial charge is 0.507 e. The maximum Gasteiger partial charge on any atom is 0.128 e. The zero-order valence-electron chi connectivity index (χ0n) is 25.2. The van der Waals surface area contributed by atoms with Gasteiger partial charge in [0, 0.05) is 74.0 Å². The highest BCUT2D eigenvalue weighted by atomic mass is 16.5. The lowest BCUT2D eigenvalue weighted by molar-refractivity contribution is 0.0338. The van der Waals surface area contributed by atoms with E-state index in [1.54, 1.807) is 12.4 Å². The predicted molar refractivity (Wildman–Crippen MR) is 176 cm³/mol. The number of hydrogen-bond donors (Lipinski definition) is 2. The molecule has 4 aromatic carbocycles. The third kappa shape index (κ3) is 8.34. The lowest BCUT2D eigenvalue weighted by atomic mass is 10.1. The van der Waals surface area contributed by atoms with Crippen LogP contribution >= 0.6 is 0 Å². The van der Waals surface area contributed by atoms with E-state index >= 15 is 0 Å². The van der Waals surface area contributed by atoms with Crippen LogP contribution in [0, 0.1) is 0 Å². The number of rotatable bonds is 10. The first-order valence-corrected chi connectivity index (χ1v) is 15.3. The molecule has 2 aliphatic rings. The maximum absolute atomic E-state index is 10.8. The van der Waals surface area contributed by atoms with Crippen molar-refractivity contribution in [1.29, 1.82) is 0 Å². The van der Waals surface area contributed by atoms with Gasteiger partial charge in [0.15, 0.2) is 0 Å². The summed E-state index contributed by atoms with van der Waals surface area (Å²) in [5, 5.41) is 21.6. The molecule has 2 saturated heterocycles. The Kier molecular flexibility index (Phi) is 10.1. The number of morpholine rings is 2. The Balaban J connectivity index is 1.03. The van der Waals surface area contributed by atoms with Crippen LogP contribution < -0.4 is 4.74 Å². The Hall–Kier alpha value is -4.54. The molecule has 0 saturated carbocycles. The fraction of sp³-hybridized carbons (Fsp3) is 0.278. The second kappa shape index (κ2) is 15.0. The van der Waals surface area contributed by atoms with Gasteiger partial charge >= 0.3 is 0 Å². The molecule has 9 heteroatoms. The summed E-state index contributed by atoms with van der Waals surface area (Å²) in [6.07, 6.45) is 3.38. The van der Waals surface area contributed by atoms with Crippen molar-refractivity contribution in [2.75, 3.05) is 52.6 Å². The minimum atomic E-state index is 0.259. The molecule has 2 heterocycles. The summed E-state index contributed by atoms with van der Waals surface area (Å²) < 4.78 is 16.9. The number of benzene rings is 4. The van der Waals surface area contributed by atoms with E-state index in [4.69, 9.17) is 14.2 Å². The summed E-state index contributed by atoms with van der Waals surface area (Å²) >= 11 is 0. The molecule has 6 rings (SSSR count). The third-order valence-corrected chi connectivity index (χ3v) is 7.91. The normalized spacial score (nSPS) is 16.4. The van der Waals surface area contributed by atoms with Crippen molar-refractivity contribution in [3.8, 4) is 23.0 Å². The highest BCUT2D eigenvalue weighted by Crippen LogP contribution is 2.28. The smallest absolute Gasteiger partial charge is 0.128 e. The summed E-state index contributed by atoms with van der Waals surface area (Å²) in [6, 6.07) is 26.4. The molecule has 0 radical (unpaired) electrons. The first kappa shape index (κ1) is 30.5. The molecule has 0 bridgehead atoms. The lowest BCUT2D eigenvalue weighted by Gasteiger charge is -2.26. The van der Waals surface area contributed by atoms with Crippen LogP contribution in [0.4, 0.5) is 11.4 Å². The topological polar surface area (TPSA) is 99.4 Å². The van der Waals surface area contributed by atoms with Gasteiger partial charge in [-0.15, -0.1) is 0 Å². The first-order valence-electron chi connectivity index (χ1n) is 15.3. The molecule has 0 aromatic heterocycles. The van der Waals surface area contributed by atoms with Crippen molar-refractivity contribution >= 4 is 23.8 Å². The van der Waals surface area contributed by atoms with E-state index in [0.29, 0.717) is 35.7 Å². The minimum Gasteiger partial charge on any atom is -0.507 e. The first-order chi connectivity index (χ1) is 22.1.